The molecule has 1 aliphatic heterocycles. The Balaban J connectivity index is 1.42. The minimum absolute atomic E-state index is 0.0783. The minimum Gasteiger partial charge on any atom is -0.490 e. The zero-order valence-corrected chi connectivity index (χ0v) is 25.6. The van der Waals surface area contributed by atoms with Crippen molar-refractivity contribution in [3.63, 3.8) is 0 Å². The summed E-state index contributed by atoms with van der Waals surface area (Å²) in [6.07, 6.45) is 13.7. The van der Waals surface area contributed by atoms with Crippen LogP contribution in [0.15, 0.2) is 50.8 Å². The summed E-state index contributed by atoms with van der Waals surface area (Å²) in [6.45, 7) is 2.77. The van der Waals surface area contributed by atoms with Crippen LogP contribution >= 0.6 is 39.3 Å². The van der Waals surface area contributed by atoms with E-state index in [-0.39, 0.29) is 11.9 Å². The van der Waals surface area contributed by atoms with E-state index in [1.807, 2.05) is 54.3 Å². The Morgan fingerprint density at radius 3 is 2.49 bits per heavy atom. The molecule has 0 N–H and O–H groups in total. The first-order valence-electron chi connectivity index (χ1n) is 14.2. The second-order valence-corrected chi connectivity index (χ2v) is 12.7. The van der Waals surface area contributed by atoms with Gasteiger partial charge >= 0.3 is 0 Å². The Morgan fingerprint density at radius 1 is 1.05 bits per heavy atom. The Kier molecular flexibility index (Phi) is 9.96. The van der Waals surface area contributed by atoms with Gasteiger partial charge in [-0.3, -0.25) is 14.7 Å². The van der Waals surface area contributed by atoms with Crippen molar-refractivity contribution in [2.24, 2.45) is 4.99 Å². The SMILES string of the molecule is CCOc1cc(C=C2SC(=NC3CCCCC3)N(C3CCCCC3)C2=O)cc(Br)c1OCc1ccccc1Cl. The maximum Gasteiger partial charge on any atom is 0.266 e. The van der Waals surface area contributed by atoms with Gasteiger partial charge in [0.2, 0.25) is 0 Å². The highest BCUT2D eigenvalue weighted by molar-refractivity contribution is 9.10. The lowest BCUT2D eigenvalue weighted by Crippen LogP contribution is -2.41. The molecule has 0 unspecified atom stereocenters. The molecule has 0 atom stereocenters. The highest BCUT2D eigenvalue weighted by Crippen LogP contribution is 2.42. The minimum atomic E-state index is 0.0783. The standard InChI is InChI=1S/C31H36BrClN2O3S/c1-2-37-27-18-21(17-25(32)29(27)38-20-22-11-9-10-16-26(22)33)19-28-30(36)35(24-14-7-4-8-15-24)31(39-28)34-23-12-5-3-6-13-23/h9-11,16-19,23-24H,2-8,12-15,20H2,1H3. The van der Waals surface area contributed by atoms with Gasteiger partial charge in [-0.1, -0.05) is 68.3 Å². The summed E-state index contributed by atoms with van der Waals surface area (Å²) >= 11 is 11.5. The molecule has 0 bridgehead atoms. The molecule has 5 rings (SSSR count). The Bertz CT molecular complexity index is 1240. The Hall–Kier alpha value is -1.96. The molecule has 1 amide bonds. The molecular weight excluding hydrogens is 596 g/mol. The third-order valence-corrected chi connectivity index (χ3v) is 9.56. The number of carbonyl (C=O) groups excluding carboxylic acids is 1. The van der Waals surface area contributed by atoms with Crippen LogP contribution in [0, 0.1) is 0 Å². The van der Waals surface area contributed by atoms with Gasteiger partial charge in [-0.15, -0.1) is 0 Å². The average molecular weight is 632 g/mol. The number of aliphatic imine (C=N–C) groups is 1. The summed E-state index contributed by atoms with van der Waals surface area (Å²) in [5, 5.41) is 1.56. The van der Waals surface area contributed by atoms with Gasteiger partial charge < -0.3 is 9.47 Å². The van der Waals surface area contributed by atoms with E-state index < -0.39 is 0 Å². The van der Waals surface area contributed by atoms with Crippen LogP contribution < -0.4 is 9.47 Å². The van der Waals surface area contributed by atoms with Crippen molar-refractivity contribution in [1.82, 2.24) is 4.90 Å². The van der Waals surface area contributed by atoms with Crippen LogP contribution in [-0.4, -0.2) is 34.7 Å². The number of hydrogen-bond acceptors (Lipinski definition) is 5. The van der Waals surface area contributed by atoms with Crippen LogP contribution in [0.5, 0.6) is 11.5 Å². The van der Waals surface area contributed by atoms with Crippen LogP contribution in [0.2, 0.25) is 5.02 Å². The van der Waals surface area contributed by atoms with E-state index in [0.29, 0.717) is 40.7 Å². The number of halogens is 2. The number of benzene rings is 2. The zero-order chi connectivity index (χ0) is 27.2. The Morgan fingerprint density at radius 2 is 1.77 bits per heavy atom. The highest BCUT2D eigenvalue weighted by atomic mass is 79.9. The first-order valence-corrected chi connectivity index (χ1v) is 16.2. The predicted molar refractivity (Wildman–Crippen MR) is 165 cm³/mol. The summed E-state index contributed by atoms with van der Waals surface area (Å²) in [6, 6.07) is 12.1. The monoisotopic (exact) mass is 630 g/mol. The molecule has 3 fully saturated rings. The van der Waals surface area contributed by atoms with Crippen molar-refractivity contribution < 1.29 is 14.3 Å². The van der Waals surface area contributed by atoms with Gasteiger partial charge in [0, 0.05) is 16.6 Å². The van der Waals surface area contributed by atoms with Crippen LogP contribution in [-0.2, 0) is 11.4 Å². The first kappa shape index (κ1) is 28.6. The summed E-state index contributed by atoms with van der Waals surface area (Å²) in [5.74, 6) is 1.32. The molecule has 208 valence electrons. The number of ether oxygens (including phenoxy) is 2. The predicted octanol–water partition coefficient (Wildman–Crippen LogP) is 9.02. The van der Waals surface area contributed by atoms with E-state index in [1.165, 1.54) is 50.3 Å². The van der Waals surface area contributed by atoms with Gasteiger partial charge in [0.1, 0.15) is 6.61 Å². The van der Waals surface area contributed by atoms with E-state index in [4.69, 9.17) is 26.1 Å². The first-order chi connectivity index (χ1) is 19.0. The molecule has 2 aliphatic carbocycles. The van der Waals surface area contributed by atoms with E-state index in [9.17, 15) is 4.79 Å². The smallest absolute Gasteiger partial charge is 0.266 e. The average Bonchev–Trinajstić information content (AvgIpc) is 3.24. The molecule has 1 heterocycles. The molecular formula is C31H36BrClN2O3S. The summed E-state index contributed by atoms with van der Waals surface area (Å²) in [7, 11) is 0. The highest BCUT2D eigenvalue weighted by Gasteiger charge is 2.39. The molecule has 5 nitrogen and oxygen atoms in total. The molecule has 3 aliphatic rings. The lowest BCUT2D eigenvalue weighted by atomic mass is 9.94. The molecule has 39 heavy (non-hydrogen) atoms. The maximum atomic E-state index is 13.8. The third kappa shape index (κ3) is 7.04. The van der Waals surface area contributed by atoms with Crippen molar-refractivity contribution in [2.75, 3.05) is 6.61 Å². The normalized spacial score (nSPS) is 21.2. The van der Waals surface area contributed by atoms with Crippen molar-refractivity contribution in [3.8, 4) is 11.5 Å². The van der Waals surface area contributed by atoms with Crippen LogP contribution in [0.25, 0.3) is 6.08 Å². The van der Waals surface area contributed by atoms with Crippen molar-refractivity contribution in [2.45, 2.75) is 89.8 Å². The van der Waals surface area contributed by atoms with Gasteiger partial charge in [0.25, 0.3) is 5.91 Å². The maximum absolute atomic E-state index is 13.8. The van der Waals surface area contributed by atoms with Gasteiger partial charge in [-0.05, 0) is 90.1 Å². The molecule has 0 radical (unpaired) electrons. The van der Waals surface area contributed by atoms with E-state index >= 15 is 0 Å². The number of carbonyl (C=O) groups is 1. The number of amidine groups is 1. The Labute approximate surface area is 249 Å². The lowest BCUT2D eigenvalue weighted by molar-refractivity contribution is -0.124. The second kappa shape index (κ2) is 13.6. The molecule has 2 aromatic rings. The van der Waals surface area contributed by atoms with Crippen LogP contribution in [0.3, 0.4) is 0 Å². The number of rotatable bonds is 8. The fourth-order valence-electron chi connectivity index (χ4n) is 5.60. The summed E-state index contributed by atoms with van der Waals surface area (Å²) < 4.78 is 12.9. The number of hydrogen-bond donors (Lipinski definition) is 0. The summed E-state index contributed by atoms with van der Waals surface area (Å²) in [5.41, 5.74) is 1.79. The molecule has 0 spiro atoms. The summed E-state index contributed by atoms with van der Waals surface area (Å²) in [4.78, 5) is 21.7. The van der Waals surface area contributed by atoms with Crippen LogP contribution in [0.1, 0.15) is 82.3 Å². The number of nitrogens with zero attached hydrogens (tertiary/aromatic N) is 2. The van der Waals surface area contributed by atoms with E-state index in [1.54, 1.807) is 0 Å². The van der Waals surface area contributed by atoms with Gasteiger partial charge in [0.15, 0.2) is 16.7 Å². The van der Waals surface area contributed by atoms with Gasteiger partial charge in [-0.2, -0.15) is 0 Å². The number of amides is 1. The molecule has 8 heteroatoms. The second-order valence-electron chi connectivity index (χ2n) is 10.4. The molecule has 2 aromatic carbocycles. The van der Waals surface area contributed by atoms with Gasteiger partial charge in [0.05, 0.1) is 22.0 Å². The van der Waals surface area contributed by atoms with E-state index in [0.717, 1.165) is 46.5 Å². The van der Waals surface area contributed by atoms with Crippen LogP contribution in [0.4, 0.5) is 0 Å². The fourth-order valence-corrected chi connectivity index (χ4v) is 7.47. The molecule has 0 aromatic heterocycles. The fraction of sp³-hybridized carbons (Fsp3) is 0.484. The van der Waals surface area contributed by atoms with Crippen molar-refractivity contribution >= 4 is 56.4 Å². The number of thioether (sulfide) groups is 1. The van der Waals surface area contributed by atoms with Gasteiger partial charge in [-0.25, -0.2) is 0 Å². The zero-order valence-electron chi connectivity index (χ0n) is 22.5. The third-order valence-electron chi connectivity index (χ3n) is 7.60. The lowest BCUT2D eigenvalue weighted by Gasteiger charge is -2.31. The molecule has 2 saturated carbocycles. The molecule has 1 saturated heterocycles. The van der Waals surface area contributed by atoms with E-state index in [2.05, 4.69) is 15.9 Å². The van der Waals surface area contributed by atoms with Crippen molar-refractivity contribution in [1.29, 1.82) is 0 Å². The van der Waals surface area contributed by atoms with Crippen molar-refractivity contribution in [3.05, 3.63) is 61.9 Å². The quantitative estimate of drug-likeness (QED) is 0.273. The topological polar surface area (TPSA) is 51.1 Å². The largest absolute Gasteiger partial charge is 0.490 e.